The zero-order valence-electron chi connectivity index (χ0n) is 11.4. The molecule has 0 aliphatic carbocycles. The molecule has 2 rings (SSSR count). The van der Waals surface area contributed by atoms with Gasteiger partial charge in [-0.05, 0) is 30.0 Å². The average molecular weight is 250 g/mol. The summed E-state index contributed by atoms with van der Waals surface area (Å²) in [6.45, 7) is 4.22. The van der Waals surface area contributed by atoms with E-state index in [-0.39, 0.29) is 0 Å². The summed E-state index contributed by atoms with van der Waals surface area (Å²) in [7, 11) is 0. The molecule has 0 amide bonds. The first kappa shape index (κ1) is 13.2. The third-order valence-electron chi connectivity index (χ3n) is 2.95. The summed E-state index contributed by atoms with van der Waals surface area (Å²) in [6.07, 6.45) is 4.59. The van der Waals surface area contributed by atoms with Crippen molar-refractivity contribution in [3.63, 3.8) is 0 Å². The molecule has 0 N–H and O–H groups in total. The maximum atomic E-state index is 4.06. The minimum Gasteiger partial charge on any atom is -0.159 e. The van der Waals surface area contributed by atoms with Crippen LogP contribution >= 0.6 is 0 Å². The van der Waals surface area contributed by atoms with Crippen LogP contribution in [0.1, 0.15) is 29.2 Å². The van der Waals surface area contributed by atoms with Crippen molar-refractivity contribution in [1.29, 1.82) is 0 Å². The van der Waals surface area contributed by atoms with E-state index in [0.29, 0.717) is 0 Å². The first-order chi connectivity index (χ1) is 9.28. The standard InChI is InChI=1S/C17H18N2/c1-3-15-8-10-17(11-9-15)13-19-18-12-16-6-4-14(2)5-7-16/h4-13H,3H2,1-2H3/b18-12+,19-13+. The van der Waals surface area contributed by atoms with E-state index in [1.807, 2.05) is 12.1 Å². The van der Waals surface area contributed by atoms with Crippen molar-refractivity contribution in [3.05, 3.63) is 70.8 Å². The zero-order chi connectivity index (χ0) is 13.5. The van der Waals surface area contributed by atoms with Crippen LogP contribution in [0.25, 0.3) is 0 Å². The van der Waals surface area contributed by atoms with Crippen LogP contribution in [-0.2, 0) is 6.42 Å². The molecule has 2 heteroatoms. The smallest absolute Gasteiger partial charge is 0.0568 e. The molecule has 0 saturated heterocycles. The largest absolute Gasteiger partial charge is 0.159 e. The predicted molar refractivity (Wildman–Crippen MR) is 82.2 cm³/mol. The lowest BCUT2D eigenvalue weighted by Gasteiger charge is -1.95. The Balaban J connectivity index is 1.96. The predicted octanol–water partition coefficient (Wildman–Crippen LogP) is 4.01. The fourth-order valence-corrected chi connectivity index (χ4v) is 1.69. The Morgan fingerprint density at radius 1 is 0.789 bits per heavy atom. The highest BCUT2D eigenvalue weighted by Crippen LogP contribution is 2.03. The van der Waals surface area contributed by atoms with Crippen molar-refractivity contribution >= 4 is 12.4 Å². The molecule has 0 aromatic heterocycles. The lowest BCUT2D eigenvalue weighted by Crippen LogP contribution is -1.84. The van der Waals surface area contributed by atoms with Crippen molar-refractivity contribution < 1.29 is 0 Å². The van der Waals surface area contributed by atoms with Gasteiger partial charge in [-0.3, -0.25) is 0 Å². The van der Waals surface area contributed by atoms with E-state index < -0.39 is 0 Å². The van der Waals surface area contributed by atoms with Gasteiger partial charge in [-0.25, -0.2) is 0 Å². The van der Waals surface area contributed by atoms with E-state index in [1.165, 1.54) is 11.1 Å². The Hall–Kier alpha value is -2.22. The van der Waals surface area contributed by atoms with Crippen LogP contribution in [0.2, 0.25) is 0 Å². The molecular formula is C17H18N2. The molecule has 2 nitrogen and oxygen atoms in total. The average Bonchev–Trinajstić information content (AvgIpc) is 2.46. The molecule has 2 aromatic carbocycles. The molecule has 0 spiro atoms. The minimum absolute atomic E-state index is 1.06. The van der Waals surface area contributed by atoms with E-state index in [9.17, 15) is 0 Å². The van der Waals surface area contributed by atoms with Gasteiger partial charge in [0.15, 0.2) is 0 Å². The first-order valence-electron chi connectivity index (χ1n) is 6.50. The third-order valence-corrected chi connectivity index (χ3v) is 2.95. The van der Waals surface area contributed by atoms with Crippen LogP contribution in [-0.4, -0.2) is 12.4 Å². The first-order valence-corrected chi connectivity index (χ1v) is 6.50. The molecule has 0 aliphatic rings. The number of hydrogen-bond acceptors (Lipinski definition) is 2. The van der Waals surface area contributed by atoms with Crippen molar-refractivity contribution in [3.8, 4) is 0 Å². The van der Waals surface area contributed by atoms with E-state index in [1.54, 1.807) is 12.4 Å². The van der Waals surface area contributed by atoms with Gasteiger partial charge < -0.3 is 0 Å². The van der Waals surface area contributed by atoms with E-state index in [2.05, 4.69) is 60.4 Å². The molecule has 0 fully saturated rings. The Labute approximate surface area is 114 Å². The summed E-state index contributed by atoms with van der Waals surface area (Å²) in [6, 6.07) is 16.5. The molecule has 0 unspecified atom stereocenters. The number of benzene rings is 2. The topological polar surface area (TPSA) is 24.7 Å². The van der Waals surface area contributed by atoms with Gasteiger partial charge in [0.25, 0.3) is 0 Å². The summed E-state index contributed by atoms with van der Waals surface area (Å²) in [5, 5.41) is 8.11. The highest BCUT2D eigenvalue weighted by atomic mass is 15.2. The molecule has 2 aromatic rings. The Morgan fingerprint density at radius 2 is 1.26 bits per heavy atom. The van der Waals surface area contributed by atoms with Gasteiger partial charge in [-0.2, -0.15) is 10.2 Å². The summed E-state index contributed by atoms with van der Waals surface area (Å²) in [5.41, 5.74) is 4.71. The monoisotopic (exact) mass is 250 g/mol. The second kappa shape index (κ2) is 6.64. The van der Waals surface area contributed by atoms with Crippen LogP contribution in [0, 0.1) is 6.92 Å². The third kappa shape index (κ3) is 4.18. The second-order valence-corrected chi connectivity index (χ2v) is 4.49. The van der Waals surface area contributed by atoms with Gasteiger partial charge in [0.2, 0.25) is 0 Å². The Kier molecular flexibility index (Phi) is 4.62. The summed E-state index contributed by atoms with van der Waals surface area (Å²) < 4.78 is 0. The van der Waals surface area contributed by atoms with Crippen molar-refractivity contribution in [2.75, 3.05) is 0 Å². The van der Waals surface area contributed by atoms with E-state index >= 15 is 0 Å². The number of rotatable bonds is 4. The van der Waals surface area contributed by atoms with Crippen molar-refractivity contribution in [2.24, 2.45) is 10.2 Å². The normalized spacial score (nSPS) is 11.5. The molecule has 0 aliphatic heterocycles. The lowest BCUT2D eigenvalue weighted by atomic mass is 10.1. The highest BCUT2D eigenvalue weighted by molar-refractivity contribution is 5.82. The van der Waals surface area contributed by atoms with Crippen LogP contribution in [0.5, 0.6) is 0 Å². The molecule has 0 bridgehead atoms. The SMILES string of the molecule is CCc1ccc(/C=N/N=C/c2ccc(C)cc2)cc1. The molecule has 0 saturated carbocycles. The van der Waals surface area contributed by atoms with Crippen LogP contribution in [0.4, 0.5) is 0 Å². The molecule has 0 heterocycles. The van der Waals surface area contributed by atoms with Gasteiger partial charge in [0.05, 0.1) is 12.4 Å². The van der Waals surface area contributed by atoms with Gasteiger partial charge >= 0.3 is 0 Å². The maximum Gasteiger partial charge on any atom is 0.0568 e. The van der Waals surface area contributed by atoms with Gasteiger partial charge in [0, 0.05) is 0 Å². The quantitative estimate of drug-likeness (QED) is 0.578. The summed E-state index contributed by atoms with van der Waals surface area (Å²) in [4.78, 5) is 0. The second-order valence-electron chi connectivity index (χ2n) is 4.49. The van der Waals surface area contributed by atoms with Crippen molar-refractivity contribution in [2.45, 2.75) is 20.3 Å². The molecule has 0 atom stereocenters. The summed E-state index contributed by atoms with van der Waals surface area (Å²) >= 11 is 0. The minimum atomic E-state index is 1.06. The maximum absolute atomic E-state index is 4.06. The van der Waals surface area contributed by atoms with Crippen molar-refractivity contribution in [1.82, 2.24) is 0 Å². The van der Waals surface area contributed by atoms with Crippen LogP contribution < -0.4 is 0 Å². The van der Waals surface area contributed by atoms with E-state index in [0.717, 1.165) is 17.5 Å². The Bertz CT molecular complexity index is 563. The number of aryl methyl sites for hydroxylation is 2. The van der Waals surface area contributed by atoms with Gasteiger partial charge in [-0.15, -0.1) is 0 Å². The fraction of sp³-hybridized carbons (Fsp3) is 0.176. The molecule has 19 heavy (non-hydrogen) atoms. The Morgan fingerprint density at radius 3 is 1.74 bits per heavy atom. The molecular weight excluding hydrogens is 232 g/mol. The number of nitrogens with zero attached hydrogens (tertiary/aromatic N) is 2. The molecule has 0 radical (unpaired) electrons. The summed E-state index contributed by atoms with van der Waals surface area (Å²) in [5.74, 6) is 0. The van der Waals surface area contributed by atoms with Crippen LogP contribution in [0.3, 0.4) is 0 Å². The van der Waals surface area contributed by atoms with Gasteiger partial charge in [-0.1, -0.05) is 61.0 Å². The van der Waals surface area contributed by atoms with Gasteiger partial charge in [0.1, 0.15) is 0 Å². The highest BCUT2D eigenvalue weighted by Gasteiger charge is 1.89. The fourth-order valence-electron chi connectivity index (χ4n) is 1.69. The molecule has 96 valence electrons. The lowest BCUT2D eigenvalue weighted by molar-refractivity contribution is 1.14. The number of hydrogen-bond donors (Lipinski definition) is 0. The van der Waals surface area contributed by atoms with Crippen LogP contribution in [0.15, 0.2) is 58.7 Å². The zero-order valence-corrected chi connectivity index (χ0v) is 11.4. The van der Waals surface area contributed by atoms with E-state index in [4.69, 9.17) is 0 Å².